The normalized spacial score (nSPS) is 54.0. The van der Waals surface area contributed by atoms with Crippen LogP contribution in [-0.4, -0.2) is 12.1 Å². The quantitative estimate of drug-likeness (QED) is 0.284. The van der Waals surface area contributed by atoms with Crippen molar-refractivity contribution in [3.05, 3.63) is 11.6 Å². The van der Waals surface area contributed by atoms with Gasteiger partial charge in [-0.3, -0.25) is 4.79 Å². The molecule has 4 saturated carbocycles. The second-order valence-corrected chi connectivity index (χ2v) is 15.2. The van der Waals surface area contributed by atoms with Gasteiger partial charge in [-0.15, -0.1) is 0 Å². The Morgan fingerprint density at radius 1 is 0.882 bits per heavy atom. The SMILES string of the molecule is CC(=O)O[C@@H]1CC[C@]2(C)[C@H]3CC[C@@H]4[C@H]5[C@H](C)C(C)=CC[C@]5(C)CC[C@@]4(C)[C@]3(C)CC[C@H]2C1(C)C. The lowest BCUT2D eigenvalue weighted by Gasteiger charge is -2.73. The largest absolute Gasteiger partial charge is 0.462 e. The van der Waals surface area contributed by atoms with Crippen LogP contribution in [0.2, 0.25) is 0 Å². The molecule has 192 valence electrons. The number of esters is 1. The van der Waals surface area contributed by atoms with Gasteiger partial charge in [-0.05, 0) is 116 Å². The van der Waals surface area contributed by atoms with Crippen LogP contribution in [0.4, 0.5) is 0 Å². The first-order chi connectivity index (χ1) is 15.7. The van der Waals surface area contributed by atoms with E-state index in [0.717, 1.165) is 30.1 Å². The Hall–Kier alpha value is -0.790. The number of hydrogen-bond donors (Lipinski definition) is 0. The van der Waals surface area contributed by atoms with Crippen LogP contribution in [0, 0.1) is 56.7 Å². The number of allylic oxidation sites excluding steroid dienone is 2. The molecule has 0 unspecified atom stereocenters. The summed E-state index contributed by atoms with van der Waals surface area (Å²) < 4.78 is 5.92. The molecule has 5 rings (SSSR count). The molecule has 2 nitrogen and oxygen atoms in total. The van der Waals surface area contributed by atoms with E-state index in [4.69, 9.17) is 4.74 Å². The molecule has 0 radical (unpaired) electrons. The third kappa shape index (κ3) is 3.08. The van der Waals surface area contributed by atoms with E-state index in [1.54, 1.807) is 12.5 Å². The number of carbonyl (C=O) groups is 1. The monoisotopic (exact) mass is 468 g/mol. The van der Waals surface area contributed by atoms with Crippen molar-refractivity contribution < 1.29 is 9.53 Å². The average Bonchev–Trinajstić information content (AvgIpc) is 2.74. The molecule has 0 bridgehead atoms. The molecule has 2 heteroatoms. The molecule has 0 saturated heterocycles. The number of hydrogen-bond acceptors (Lipinski definition) is 2. The molecule has 0 aliphatic heterocycles. The number of carbonyl (C=O) groups excluding carboxylic acids is 1. The fraction of sp³-hybridized carbons (Fsp3) is 0.906. The fourth-order valence-corrected chi connectivity index (χ4v) is 11.7. The zero-order valence-electron chi connectivity index (χ0n) is 23.7. The zero-order chi connectivity index (χ0) is 24.9. The predicted molar refractivity (Wildman–Crippen MR) is 140 cm³/mol. The smallest absolute Gasteiger partial charge is 0.302 e. The van der Waals surface area contributed by atoms with E-state index in [1.807, 2.05) is 0 Å². The highest BCUT2D eigenvalue weighted by molar-refractivity contribution is 5.66. The molecule has 5 aliphatic carbocycles. The lowest BCUT2D eigenvalue weighted by molar-refractivity contribution is -0.252. The summed E-state index contributed by atoms with van der Waals surface area (Å²) in [5, 5.41) is 0. The van der Waals surface area contributed by atoms with Crippen molar-refractivity contribution in [1.29, 1.82) is 0 Å². The maximum absolute atomic E-state index is 11.9. The highest BCUT2D eigenvalue weighted by Crippen LogP contribution is 2.76. The number of fused-ring (bicyclic) bond motifs is 7. The molecule has 0 amide bonds. The van der Waals surface area contributed by atoms with Gasteiger partial charge in [-0.2, -0.15) is 0 Å². The summed E-state index contributed by atoms with van der Waals surface area (Å²) in [7, 11) is 0. The van der Waals surface area contributed by atoms with E-state index in [9.17, 15) is 4.79 Å². The van der Waals surface area contributed by atoms with Crippen molar-refractivity contribution in [1.82, 2.24) is 0 Å². The van der Waals surface area contributed by atoms with Crippen LogP contribution >= 0.6 is 0 Å². The van der Waals surface area contributed by atoms with E-state index >= 15 is 0 Å². The van der Waals surface area contributed by atoms with E-state index in [0.29, 0.717) is 27.6 Å². The molecular formula is C32H52O2. The second kappa shape index (κ2) is 7.61. The summed E-state index contributed by atoms with van der Waals surface area (Å²) in [6, 6.07) is 0. The zero-order valence-corrected chi connectivity index (χ0v) is 23.7. The minimum atomic E-state index is -0.105. The molecule has 0 aromatic carbocycles. The van der Waals surface area contributed by atoms with Gasteiger partial charge in [0.15, 0.2) is 0 Å². The highest BCUT2D eigenvalue weighted by Gasteiger charge is 2.69. The molecule has 0 heterocycles. The fourth-order valence-electron chi connectivity index (χ4n) is 11.7. The molecule has 10 atom stereocenters. The molecule has 5 aliphatic rings. The first-order valence-corrected chi connectivity index (χ1v) is 14.5. The van der Waals surface area contributed by atoms with Crippen LogP contribution in [0.3, 0.4) is 0 Å². The summed E-state index contributed by atoms with van der Waals surface area (Å²) in [6.45, 7) is 22.1. The van der Waals surface area contributed by atoms with Crippen molar-refractivity contribution >= 4 is 5.97 Å². The van der Waals surface area contributed by atoms with Gasteiger partial charge in [0, 0.05) is 12.3 Å². The van der Waals surface area contributed by atoms with Gasteiger partial charge in [0.25, 0.3) is 0 Å². The molecule has 0 aromatic rings. The summed E-state index contributed by atoms with van der Waals surface area (Å²) in [5.74, 6) is 3.76. The summed E-state index contributed by atoms with van der Waals surface area (Å²) >= 11 is 0. The van der Waals surface area contributed by atoms with Gasteiger partial charge in [0.2, 0.25) is 0 Å². The van der Waals surface area contributed by atoms with Crippen molar-refractivity contribution in [2.24, 2.45) is 56.7 Å². The third-order valence-corrected chi connectivity index (χ3v) is 13.8. The van der Waals surface area contributed by atoms with Gasteiger partial charge in [0.1, 0.15) is 6.10 Å². The van der Waals surface area contributed by atoms with E-state index in [-0.39, 0.29) is 17.5 Å². The molecular weight excluding hydrogens is 416 g/mol. The average molecular weight is 469 g/mol. The Balaban J connectivity index is 1.50. The van der Waals surface area contributed by atoms with Crippen molar-refractivity contribution in [2.75, 3.05) is 0 Å². The van der Waals surface area contributed by atoms with Gasteiger partial charge in [-0.25, -0.2) is 0 Å². The summed E-state index contributed by atoms with van der Waals surface area (Å²) in [5.41, 5.74) is 3.43. The van der Waals surface area contributed by atoms with Crippen LogP contribution in [0.15, 0.2) is 11.6 Å². The number of ether oxygens (including phenoxy) is 1. The lowest BCUT2D eigenvalue weighted by atomic mass is 9.31. The lowest BCUT2D eigenvalue weighted by Crippen LogP contribution is -2.67. The molecule has 34 heavy (non-hydrogen) atoms. The Bertz CT molecular complexity index is 885. The van der Waals surface area contributed by atoms with E-state index in [1.165, 1.54) is 51.4 Å². The highest BCUT2D eigenvalue weighted by atomic mass is 16.5. The minimum absolute atomic E-state index is 0.0582. The van der Waals surface area contributed by atoms with Crippen molar-refractivity contribution in [2.45, 2.75) is 126 Å². The van der Waals surface area contributed by atoms with Gasteiger partial charge in [0.05, 0.1) is 0 Å². The standard InChI is InChI=1S/C32H52O2/c1-20-12-15-29(6)18-19-31(8)23(27(29)21(20)2)10-11-25-30(7)16-14-26(34-22(3)33)28(4,5)24(30)13-17-32(25,31)9/h12,21,23-27H,10-11,13-19H2,1-9H3/t21-,23-,24+,25-,26-,27-,29-,30+,31-,32-/m1/s1. The second-order valence-electron chi connectivity index (χ2n) is 15.2. The molecule has 0 spiro atoms. The molecule has 0 aromatic heterocycles. The van der Waals surface area contributed by atoms with E-state index < -0.39 is 0 Å². The molecule has 0 N–H and O–H groups in total. The number of rotatable bonds is 1. The van der Waals surface area contributed by atoms with Crippen LogP contribution < -0.4 is 0 Å². The van der Waals surface area contributed by atoms with Gasteiger partial charge >= 0.3 is 5.97 Å². The van der Waals surface area contributed by atoms with Crippen LogP contribution in [0.5, 0.6) is 0 Å². The van der Waals surface area contributed by atoms with Gasteiger partial charge < -0.3 is 4.74 Å². The predicted octanol–water partition coefficient (Wildman–Crippen LogP) is 8.60. The van der Waals surface area contributed by atoms with Crippen molar-refractivity contribution in [3.8, 4) is 0 Å². The van der Waals surface area contributed by atoms with Crippen molar-refractivity contribution in [3.63, 3.8) is 0 Å². The Morgan fingerprint density at radius 3 is 2.26 bits per heavy atom. The van der Waals surface area contributed by atoms with Gasteiger partial charge in [-0.1, -0.05) is 60.1 Å². The Labute approximate surface area is 210 Å². The Kier molecular flexibility index (Phi) is 5.57. The summed E-state index contributed by atoms with van der Waals surface area (Å²) in [4.78, 5) is 11.9. The maximum atomic E-state index is 11.9. The van der Waals surface area contributed by atoms with Crippen LogP contribution in [0.25, 0.3) is 0 Å². The van der Waals surface area contributed by atoms with E-state index in [2.05, 4.69) is 61.5 Å². The van der Waals surface area contributed by atoms with Crippen LogP contribution in [-0.2, 0) is 9.53 Å². The topological polar surface area (TPSA) is 26.3 Å². The maximum Gasteiger partial charge on any atom is 0.302 e. The first-order valence-electron chi connectivity index (χ1n) is 14.5. The third-order valence-electron chi connectivity index (χ3n) is 13.8. The minimum Gasteiger partial charge on any atom is -0.462 e. The molecule has 4 fully saturated rings. The first kappa shape index (κ1) is 24.9. The Morgan fingerprint density at radius 2 is 1.59 bits per heavy atom. The summed E-state index contributed by atoms with van der Waals surface area (Å²) in [6.07, 6.45) is 14.5. The van der Waals surface area contributed by atoms with Crippen LogP contribution in [0.1, 0.15) is 120 Å².